The predicted octanol–water partition coefficient (Wildman–Crippen LogP) is 4.60. The molecule has 9 heteroatoms. The van der Waals surface area contributed by atoms with E-state index in [1.165, 1.54) is 35.6 Å². The first-order chi connectivity index (χ1) is 11.9. The summed E-state index contributed by atoms with van der Waals surface area (Å²) in [6, 6.07) is 8.13. The summed E-state index contributed by atoms with van der Waals surface area (Å²) in [7, 11) is 0. The predicted molar refractivity (Wildman–Crippen MR) is 85.8 cm³/mol. The van der Waals surface area contributed by atoms with Gasteiger partial charge in [0.15, 0.2) is 5.13 Å². The second kappa shape index (κ2) is 6.89. The summed E-state index contributed by atoms with van der Waals surface area (Å²) in [5.41, 5.74) is -0.461. The fourth-order valence-corrected chi connectivity index (χ4v) is 2.38. The lowest BCUT2D eigenvalue weighted by Gasteiger charge is -2.08. The molecule has 0 spiro atoms. The maximum absolute atomic E-state index is 12.5. The van der Waals surface area contributed by atoms with Crippen LogP contribution in [-0.4, -0.2) is 15.9 Å². The van der Waals surface area contributed by atoms with Crippen molar-refractivity contribution in [3.05, 3.63) is 65.3 Å². The number of anilines is 1. The number of ether oxygens (including phenoxy) is 1. The van der Waals surface area contributed by atoms with Gasteiger partial charge >= 0.3 is 6.18 Å². The Bertz CT molecular complexity index is 848. The normalized spacial score (nSPS) is 11.2. The molecule has 3 aromatic rings. The van der Waals surface area contributed by atoms with Crippen molar-refractivity contribution in [2.45, 2.75) is 6.18 Å². The van der Waals surface area contributed by atoms with Crippen LogP contribution in [0.1, 0.15) is 15.9 Å². The number of hydrogen-bond donors (Lipinski definition) is 1. The highest BCUT2D eigenvalue weighted by Gasteiger charge is 2.30. The molecule has 0 aliphatic heterocycles. The third-order valence-corrected chi connectivity index (χ3v) is 3.74. The quantitative estimate of drug-likeness (QED) is 0.734. The van der Waals surface area contributed by atoms with Crippen molar-refractivity contribution in [3.63, 3.8) is 0 Å². The number of thiazole rings is 1. The fourth-order valence-electron chi connectivity index (χ4n) is 1.86. The van der Waals surface area contributed by atoms with Gasteiger partial charge < -0.3 is 4.74 Å². The fraction of sp³-hybridized carbons (Fsp3) is 0.0625. The Morgan fingerprint density at radius 3 is 2.40 bits per heavy atom. The zero-order valence-corrected chi connectivity index (χ0v) is 13.3. The number of aromatic nitrogens is 2. The summed E-state index contributed by atoms with van der Waals surface area (Å²) < 4.78 is 42.8. The van der Waals surface area contributed by atoms with Gasteiger partial charge in [-0.1, -0.05) is 0 Å². The van der Waals surface area contributed by atoms with Crippen molar-refractivity contribution in [1.29, 1.82) is 0 Å². The molecule has 0 aliphatic rings. The highest BCUT2D eigenvalue weighted by Crippen LogP contribution is 2.30. The molecule has 0 aliphatic carbocycles. The Balaban J connectivity index is 1.65. The Morgan fingerprint density at radius 2 is 1.84 bits per heavy atom. The Labute approximate surface area is 144 Å². The van der Waals surface area contributed by atoms with Crippen LogP contribution in [-0.2, 0) is 6.18 Å². The molecule has 0 unspecified atom stereocenters. The van der Waals surface area contributed by atoms with Crippen LogP contribution in [0.15, 0.2) is 54.2 Å². The van der Waals surface area contributed by atoms with Gasteiger partial charge in [-0.2, -0.15) is 13.2 Å². The number of nitrogens with zero attached hydrogens (tertiary/aromatic N) is 2. The first-order valence-electron chi connectivity index (χ1n) is 6.94. The van der Waals surface area contributed by atoms with Crippen LogP contribution in [0.5, 0.6) is 11.6 Å². The lowest BCUT2D eigenvalue weighted by atomic mass is 10.2. The molecule has 2 heterocycles. The average Bonchev–Trinajstić information content (AvgIpc) is 3.08. The number of pyridine rings is 1. The smallest absolute Gasteiger partial charge is 0.417 e. The van der Waals surface area contributed by atoms with E-state index in [0.29, 0.717) is 22.6 Å². The molecule has 1 N–H and O–H groups in total. The third kappa shape index (κ3) is 4.32. The van der Waals surface area contributed by atoms with Gasteiger partial charge in [-0.25, -0.2) is 9.97 Å². The molecule has 0 atom stereocenters. The SMILES string of the molecule is O=C(Nc1nccs1)c1ccc(Oc2ccc(C(F)(F)F)cn2)cc1. The minimum atomic E-state index is -4.45. The van der Waals surface area contributed by atoms with Gasteiger partial charge in [-0.05, 0) is 30.3 Å². The van der Waals surface area contributed by atoms with Gasteiger partial charge in [0.05, 0.1) is 5.56 Å². The van der Waals surface area contributed by atoms with E-state index in [-0.39, 0.29) is 11.8 Å². The summed E-state index contributed by atoms with van der Waals surface area (Å²) in [4.78, 5) is 19.6. The van der Waals surface area contributed by atoms with Crippen LogP contribution in [0.4, 0.5) is 18.3 Å². The zero-order chi connectivity index (χ0) is 17.9. The first kappa shape index (κ1) is 16.9. The summed E-state index contributed by atoms with van der Waals surface area (Å²) in [5, 5.41) is 4.86. The van der Waals surface area contributed by atoms with E-state index in [0.717, 1.165) is 12.1 Å². The molecule has 1 amide bonds. The number of nitrogens with one attached hydrogen (secondary N) is 1. The van der Waals surface area contributed by atoms with Gasteiger partial charge in [-0.15, -0.1) is 11.3 Å². The van der Waals surface area contributed by atoms with E-state index in [1.54, 1.807) is 11.6 Å². The number of hydrogen-bond acceptors (Lipinski definition) is 5. The largest absolute Gasteiger partial charge is 0.439 e. The minimum absolute atomic E-state index is 0.0213. The van der Waals surface area contributed by atoms with E-state index in [2.05, 4.69) is 15.3 Å². The molecular formula is C16H10F3N3O2S. The van der Waals surface area contributed by atoms with Crippen molar-refractivity contribution >= 4 is 22.4 Å². The standard InChI is InChI=1S/C16H10F3N3O2S/c17-16(18,19)11-3-6-13(21-9-11)24-12-4-1-10(2-5-12)14(23)22-15-20-7-8-25-15/h1-9H,(H,20,22,23). The lowest BCUT2D eigenvalue weighted by Crippen LogP contribution is -2.11. The molecule has 0 saturated carbocycles. The van der Waals surface area contributed by atoms with E-state index in [9.17, 15) is 18.0 Å². The van der Waals surface area contributed by atoms with E-state index in [1.807, 2.05) is 0 Å². The molecule has 5 nitrogen and oxygen atoms in total. The van der Waals surface area contributed by atoms with E-state index < -0.39 is 11.7 Å². The Hall–Kier alpha value is -2.94. The monoisotopic (exact) mass is 365 g/mol. The van der Waals surface area contributed by atoms with Crippen LogP contribution in [0.25, 0.3) is 0 Å². The van der Waals surface area contributed by atoms with E-state index in [4.69, 9.17) is 4.74 Å². The topological polar surface area (TPSA) is 64.1 Å². The van der Waals surface area contributed by atoms with Crippen molar-refractivity contribution in [3.8, 4) is 11.6 Å². The molecule has 0 saturated heterocycles. The number of carbonyl (C=O) groups is 1. The summed E-state index contributed by atoms with van der Waals surface area (Å²) in [5.74, 6) is 0.0419. The number of carbonyl (C=O) groups excluding carboxylic acids is 1. The summed E-state index contributed by atoms with van der Waals surface area (Å²) >= 11 is 1.30. The number of benzene rings is 1. The van der Waals surface area contributed by atoms with Crippen LogP contribution in [0.2, 0.25) is 0 Å². The summed E-state index contributed by atoms with van der Waals surface area (Å²) in [6.07, 6.45) is -2.17. The molecule has 128 valence electrons. The minimum Gasteiger partial charge on any atom is -0.439 e. The molecule has 25 heavy (non-hydrogen) atoms. The zero-order valence-electron chi connectivity index (χ0n) is 12.4. The number of halogens is 3. The first-order valence-corrected chi connectivity index (χ1v) is 7.82. The van der Waals surface area contributed by atoms with E-state index >= 15 is 0 Å². The van der Waals surface area contributed by atoms with Crippen LogP contribution >= 0.6 is 11.3 Å². The van der Waals surface area contributed by atoms with Gasteiger partial charge in [0, 0.05) is 29.4 Å². The Morgan fingerprint density at radius 1 is 1.08 bits per heavy atom. The second-order valence-corrected chi connectivity index (χ2v) is 5.70. The van der Waals surface area contributed by atoms with Gasteiger partial charge in [0.2, 0.25) is 5.88 Å². The lowest BCUT2D eigenvalue weighted by molar-refractivity contribution is -0.137. The van der Waals surface area contributed by atoms with Crippen LogP contribution in [0, 0.1) is 0 Å². The van der Waals surface area contributed by atoms with Crippen molar-refractivity contribution in [2.75, 3.05) is 5.32 Å². The number of rotatable bonds is 4. The molecule has 0 radical (unpaired) electrons. The summed E-state index contributed by atoms with van der Waals surface area (Å²) in [6.45, 7) is 0. The van der Waals surface area contributed by atoms with Crippen LogP contribution in [0.3, 0.4) is 0 Å². The number of alkyl halides is 3. The highest BCUT2D eigenvalue weighted by molar-refractivity contribution is 7.13. The van der Waals surface area contributed by atoms with Crippen molar-refractivity contribution < 1.29 is 22.7 Å². The van der Waals surface area contributed by atoms with Gasteiger partial charge in [0.25, 0.3) is 5.91 Å². The second-order valence-electron chi connectivity index (χ2n) is 4.80. The molecule has 0 bridgehead atoms. The third-order valence-electron chi connectivity index (χ3n) is 3.06. The molecule has 3 rings (SSSR count). The molecule has 0 fully saturated rings. The average molecular weight is 365 g/mol. The maximum atomic E-state index is 12.5. The van der Waals surface area contributed by atoms with Gasteiger partial charge in [0.1, 0.15) is 5.75 Å². The molecule has 2 aromatic heterocycles. The van der Waals surface area contributed by atoms with Crippen LogP contribution < -0.4 is 10.1 Å². The Kier molecular flexibility index (Phi) is 4.66. The van der Waals surface area contributed by atoms with Crippen molar-refractivity contribution in [2.24, 2.45) is 0 Å². The molecule has 1 aromatic carbocycles. The van der Waals surface area contributed by atoms with Gasteiger partial charge in [-0.3, -0.25) is 10.1 Å². The maximum Gasteiger partial charge on any atom is 0.417 e. The van der Waals surface area contributed by atoms with Crippen molar-refractivity contribution in [1.82, 2.24) is 9.97 Å². The highest BCUT2D eigenvalue weighted by atomic mass is 32.1. The number of amides is 1. The molecular weight excluding hydrogens is 355 g/mol.